The van der Waals surface area contributed by atoms with Gasteiger partial charge in [-0.15, -0.1) is 0 Å². The van der Waals surface area contributed by atoms with Gasteiger partial charge in [0, 0.05) is 23.7 Å². The van der Waals surface area contributed by atoms with Gasteiger partial charge in [-0.2, -0.15) is 0 Å². The molecule has 0 spiro atoms. The number of amides is 2. The van der Waals surface area contributed by atoms with Gasteiger partial charge in [-0.3, -0.25) is 9.63 Å². The largest absolute Gasteiger partial charge is 0.426 e. The average Bonchev–Trinajstić information content (AvgIpc) is 2.58. The third kappa shape index (κ3) is 7.38. The Bertz CT molecular complexity index is 606. The van der Waals surface area contributed by atoms with Crippen LogP contribution in [-0.2, 0) is 19.1 Å². The molecule has 0 aliphatic rings. The predicted octanol–water partition coefficient (Wildman–Crippen LogP) is 0.966. The fourth-order valence-corrected chi connectivity index (χ4v) is 1.54. The minimum Gasteiger partial charge on any atom is -0.426 e. The summed E-state index contributed by atoms with van der Waals surface area (Å²) >= 11 is 5.74. The number of hydroxylamine groups is 1. The third-order valence-corrected chi connectivity index (χ3v) is 3.04. The first-order valence-corrected chi connectivity index (χ1v) is 7.66. The second-order valence-electron chi connectivity index (χ2n) is 5.25. The Labute approximate surface area is 149 Å². The fraction of sp³-hybridized carbons (Fsp3) is 0.400. The Morgan fingerprint density at radius 2 is 1.80 bits per heavy atom. The number of hydrogen-bond donors (Lipinski definition) is 3. The van der Waals surface area contributed by atoms with E-state index in [2.05, 4.69) is 15.5 Å². The minimum absolute atomic E-state index is 0.234. The van der Waals surface area contributed by atoms with Crippen molar-refractivity contribution in [3.05, 3.63) is 34.9 Å². The van der Waals surface area contributed by atoms with Gasteiger partial charge in [-0.25, -0.2) is 15.1 Å². The molecule has 0 fully saturated rings. The number of hydrogen-bond acceptors (Lipinski definition) is 7. The van der Waals surface area contributed by atoms with Crippen molar-refractivity contribution >= 4 is 29.6 Å². The molecule has 0 saturated carbocycles. The summed E-state index contributed by atoms with van der Waals surface area (Å²) in [4.78, 5) is 40.0. The number of rotatable bonds is 8. The summed E-state index contributed by atoms with van der Waals surface area (Å²) in [6.07, 6.45) is -0.770. The normalized spacial score (nSPS) is 10.7. The highest BCUT2D eigenvalue weighted by atomic mass is 35.5. The second-order valence-corrected chi connectivity index (χ2v) is 5.68. The fourth-order valence-electron chi connectivity index (χ4n) is 1.41. The average molecular weight is 374 g/mol. The van der Waals surface area contributed by atoms with Gasteiger partial charge in [0.2, 0.25) is 6.79 Å². The molecular weight excluding hydrogens is 354 g/mol. The van der Waals surface area contributed by atoms with Gasteiger partial charge in [0.25, 0.3) is 5.91 Å². The number of nitrogens with one attached hydrogen (secondary N) is 2. The molecule has 0 aromatic heterocycles. The van der Waals surface area contributed by atoms with Crippen molar-refractivity contribution in [1.29, 1.82) is 0 Å². The lowest BCUT2D eigenvalue weighted by Gasteiger charge is -2.22. The zero-order chi connectivity index (χ0) is 18.9. The standard InChI is InChI=1S/C15H20ClN3O6/c1-15(2,13(21)23-9-24-14(22)18-8-7-17)25-19-12(20)10-3-5-11(16)6-4-10/h3-6H,7-9,17H2,1-2H3,(H,18,22)(H,19,20). The summed E-state index contributed by atoms with van der Waals surface area (Å²) in [5, 5.41) is 2.82. The maximum Gasteiger partial charge on any atom is 0.410 e. The molecule has 0 aliphatic heterocycles. The first-order chi connectivity index (χ1) is 11.8. The van der Waals surface area contributed by atoms with E-state index in [1.54, 1.807) is 12.1 Å². The number of alkyl carbamates (subject to hydrolysis) is 1. The maximum absolute atomic E-state index is 11.9. The molecule has 25 heavy (non-hydrogen) atoms. The van der Waals surface area contributed by atoms with E-state index in [1.165, 1.54) is 26.0 Å². The molecule has 2 amide bonds. The van der Waals surface area contributed by atoms with Crippen LogP contribution in [0.15, 0.2) is 24.3 Å². The van der Waals surface area contributed by atoms with Gasteiger partial charge in [-0.05, 0) is 38.1 Å². The lowest BCUT2D eigenvalue weighted by atomic mass is 10.1. The van der Waals surface area contributed by atoms with E-state index in [4.69, 9.17) is 26.9 Å². The van der Waals surface area contributed by atoms with Crippen LogP contribution < -0.4 is 16.5 Å². The Balaban J connectivity index is 2.40. The number of carbonyl (C=O) groups excluding carboxylic acids is 3. The van der Waals surface area contributed by atoms with Crippen LogP contribution in [0.1, 0.15) is 24.2 Å². The summed E-state index contributed by atoms with van der Waals surface area (Å²) < 4.78 is 9.38. The van der Waals surface area contributed by atoms with E-state index in [0.29, 0.717) is 10.6 Å². The van der Waals surface area contributed by atoms with Gasteiger partial charge in [0.1, 0.15) is 0 Å². The topological polar surface area (TPSA) is 129 Å². The van der Waals surface area contributed by atoms with Gasteiger partial charge < -0.3 is 20.5 Å². The summed E-state index contributed by atoms with van der Waals surface area (Å²) in [5.74, 6) is -1.40. The molecule has 10 heteroatoms. The molecule has 0 radical (unpaired) electrons. The van der Waals surface area contributed by atoms with Crippen molar-refractivity contribution in [3.63, 3.8) is 0 Å². The van der Waals surface area contributed by atoms with Crippen LogP contribution in [0.3, 0.4) is 0 Å². The molecule has 0 atom stereocenters. The van der Waals surface area contributed by atoms with E-state index in [1.807, 2.05) is 0 Å². The zero-order valence-electron chi connectivity index (χ0n) is 13.8. The quantitative estimate of drug-likeness (QED) is 0.351. The zero-order valence-corrected chi connectivity index (χ0v) is 14.6. The molecule has 1 aromatic carbocycles. The van der Waals surface area contributed by atoms with E-state index < -0.39 is 30.4 Å². The van der Waals surface area contributed by atoms with E-state index in [-0.39, 0.29) is 13.1 Å². The molecule has 138 valence electrons. The maximum atomic E-state index is 11.9. The molecule has 0 bridgehead atoms. The molecule has 1 rings (SSSR count). The highest BCUT2D eigenvalue weighted by Crippen LogP contribution is 2.12. The van der Waals surface area contributed by atoms with Crippen molar-refractivity contribution < 1.29 is 28.7 Å². The monoisotopic (exact) mass is 373 g/mol. The predicted molar refractivity (Wildman–Crippen MR) is 88.6 cm³/mol. The van der Waals surface area contributed by atoms with Crippen LogP contribution in [-0.4, -0.2) is 43.5 Å². The van der Waals surface area contributed by atoms with Crippen LogP contribution in [0.25, 0.3) is 0 Å². The van der Waals surface area contributed by atoms with Crippen molar-refractivity contribution in [3.8, 4) is 0 Å². The molecule has 0 unspecified atom stereocenters. The second kappa shape index (κ2) is 9.82. The molecular formula is C15H20ClN3O6. The Hall–Kier alpha value is -2.36. The van der Waals surface area contributed by atoms with Gasteiger partial charge >= 0.3 is 12.1 Å². The lowest BCUT2D eigenvalue weighted by Crippen LogP contribution is -2.43. The number of halogens is 1. The number of nitrogens with two attached hydrogens (primary N) is 1. The number of ether oxygens (including phenoxy) is 2. The van der Waals surface area contributed by atoms with Crippen LogP contribution in [0, 0.1) is 0 Å². The van der Waals surface area contributed by atoms with Crippen LogP contribution in [0.2, 0.25) is 5.02 Å². The lowest BCUT2D eigenvalue weighted by molar-refractivity contribution is -0.182. The van der Waals surface area contributed by atoms with Crippen LogP contribution >= 0.6 is 11.6 Å². The summed E-state index contributed by atoms with van der Waals surface area (Å²) in [7, 11) is 0. The van der Waals surface area contributed by atoms with E-state index >= 15 is 0 Å². The number of esters is 1. The highest BCUT2D eigenvalue weighted by molar-refractivity contribution is 6.30. The smallest absolute Gasteiger partial charge is 0.410 e. The Kier molecular flexibility index (Phi) is 8.12. The molecule has 0 heterocycles. The summed E-state index contributed by atoms with van der Waals surface area (Å²) in [6, 6.07) is 6.09. The highest BCUT2D eigenvalue weighted by Gasteiger charge is 2.32. The first kappa shape index (κ1) is 20.7. The van der Waals surface area contributed by atoms with Crippen LogP contribution in [0.5, 0.6) is 0 Å². The molecule has 9 nitrogen and oxygen atoms in total. The molecule has 0 aliphatic carbocycles. The Morgan fingerprint density at radius 1 is 1.16 bits per heavy atom. The van der Waals surface area contributed by atoms with Gasteiger partial charge in [0.05, 0.1) is 0 Å². The van der Waals surface area contributed by atoms with Crippen molar-refractivity contribution in [1.82, 2.24) is 10.8 Å². The SMILES string of the molecule is CC(C)(ONC(=O)c1ccc(Cl)cc1)C(=O)OCOC(=O)NCCN. The first-order valence-electron chi connectivity index (χ1n) is 7.28. The molecule has 1 aromatic rings. The van der Waals surface area contributed by atoms with Crippen molar-refractivity contribution in [2.75, 3.05) is 19.9 Å². The summed E-state index contributed by atoms with van der Waals surface area (Å²) in [6.45, 7) is 2.65. The number of carbonyl (C=O) groups is 3. The van der Waals surface area contributed by atoms with Gasteiger partial charge in [-0.1, -0.05) is 11.6 Å². The third-order valence-electron chi connectivity index (χ3n) is 2.79. The van der Waals surface area contributed by atoms with E-state index in [9.17, 15) is 14.4 Å². The van der Waals surface area contributed by atoms with E-state index in [0.717, 1.165) is 0 Å². The van der Waals surface area contributed by atoms with Gasteiger partial charge in [0.15, 0.2) is 5.60 Å². The molecule has 0 saturated heterocycles. The van der Waals surface area contributed by atoms with Crippen molar-refractivity contribution in [2.24, 2.45) is 5.73 Å². The minimum atomic E-state index is -1.50. The summed E-state index contributed by atoms with van der Waals surface area (Å²) in [5.41, 5.74) is 6.15. The van der Waals surface area contributed by atoms with Crippen LogP contribution in [0.4, 0.5) is 4.79 Å². The number of benzene rings is 1. The molecule has 4 N–H and O–H groups in total. The van der Waals surface area contributed by atoms with Crippen molar-refractivity contribution in [2.45, 2.75) is 19.4 Å². The Morgan fingerprint density at radius 3 is 2.40 bits per heavy atom.